The van der Waals surface area contributed by atoms with Crippen LogP contribution in [-0.4, -0.2) is 32.7 Å². The zero-order valence-electron chi connectivity index (χ0n) is 18.0. The Hall–Kier alpha value is -2.53. The first-order valence-electron chi connectivity index (χ1n) is 10.4. The van der Waals surface area contributed by atoms with Gasteiger partial charge in [0.2, 0.25) is 5.91 Å². The molecular weight excluding hydrogens is 364 g/mol. The highest BCUT2D eigenvalue weighted by molar-refractivity contribution is 5.81. The highest BCUT2D eigenvalue weighted by atomic mass is 16.5. The number of methoxy groups -OCH3 is 1. The van der Waals surface area contributed by atoms with Crippen LogP contribution in [0.25, 0.3) is 0 Å². The van der Waals surface area contributed by atoms with Crippen molar-refractivity contribution in [3.8, 4) is 11.5 Å². The molecule has 5 nitrogen and oxygen atoms in total. The Morgan fingerprint density at radius 3 is 2.34 bits per heavy atom. The van der Waals surface area contributed by atoms with E-state index < -0.39 is 0 Å². The zero-order chi connectivity index (χ0) is 21.1. The van der Waals surface area contributed by atoms with Gasteiger partial charge in [-0.2, -0.15) is 0 Å². The second-order valence-electron chi connectivity index (χ2n) is 7.22. The summed E-state index contributed by atoms with van der Waals surface area (Å²) in [6, 6.07) is 15.6. The number of carbonyl (C=O) groups is 1. The number of benzene rings is 2. The number of nitrogens with one attached hydrogen (secondary N) is 2. The molecule has 2 N–H and O–H groups in total. The van der Waals surface area contributed by atoms with Crippen molar-refractivity contribution in [1.29, 1.82) is 0 Å². The van der Waals surface area contributed by atoms with Crippen molar-refractivity contribution in [2.24, 2.45) is 5.92 Å². The molecule has 2 rings (SSSR count). The molecule has 0 saturated heterocycles. The van der Waals surface area contributed by atoms with E-state index in [1.54, 1.807) is 14.2 Å². The Labute approximate surface area is 174 Å². The fourth-order valence-corrected chi connectivity index (χ4v) is 3.20. The van der Waals surface area contributed by atoms with Gasteiger partial charge in [0.15, 0.2) is 11.5 Å². The standard InChI is InChI=1S/C24H34N2O3/c1-5-18(6-2)17-29-22-13-12-20(15-23(22)28-4)16-26-21(24(27)25-3)14-19-10-8-7-9-11-19/h7-13,15,18,21,26H,5-6,14,16-17H2,1-4H3,(H,25,27). The molecule has 1 amide bonds. The second kappa shape index (κ2) is 12.1. The Morgan fingerprint density at radius 2 is 1.72 bits per heavy atom. The van der Waals surface area contributed by atoms with Crippen LogP contribution in [0.1, 0.15) is 37.8 Å². The minimum Gasteiger partial charge on any atom is -0.493 e. The first kappa shape index (κ1) is 22.8. The van der Waals surface area contributed by atoms with Gasteiger partial charge in [0.25, 0.3) is 0 Å². The SMILES string of the molecule is CCC(CC)COc1ccc(CNC(Cc2ccccc2)C(=O)NC)cc1OC. The quantitative estimate of drug-likeness (QED) is 0.568. The van der Waals surface area contributed by atoms with Gasteiger partial charge in [0.1, 0.15) is 0 Å². The lowest BCUT2D eigenvalue weighted by molar-refractivity contribution is -0.122. The maximum absolute atomic E-state index is 12.3. The molecule has 0 radical (unpaired) electrons. The number of hydrogen-bond donors (Lipinski definition) is 2. The van der Waals surface area contributed by atoms with Gasteiger partial charge in [0.05, 0.1) is 19.8 Å². The molecule has 29 heavy (non-hydrogen) atoms. The molecule has 0 saturated carbocycles. The van der Waals surface area contributed by atoms with Crippen LogP contribution < -0.4 is 20.1 Å². The largest absolute Gasteiger partial charge is 0.493 e. The summed E-state index contributed by atoms with van der Waals surface area (Å²) in [7, 11) is 3.32. The summed E-state index contributed by atoms with van der Waals surface area (Å²) in [6.07, 6.45) is 2.83. The van der Waals surface area contributed by atoms with Crippen molar-refractivity contribution in [2.75, 3.05) is 20.8 Å². The van der Waals surface area contributed by atoms with E-state index in [9.17, 15) is 4.79 Å². The molecule has 0 spiro atoms. The van der Waals surface area contributed by atoms with Crippen molar-refractivity contribution in [3.05, 3.63) is 59.7 Å². The van der Waals surface area contributed by atoms with E-state index >= 15 is 0 Å². The van der Waals surface area contributed by atoms with Gasteiger partial charge in [-0.3, -0.25) is 4.79 Å². The maximum atomic E-state index is 12.3. The molecule has 0 aliphatic heterocycles. The number of hydrogen-bond acceptors (Lipinski definition) is 4. The van der Waals surface area contributed by atoms with E-state index in [-0.39, 0.29) is 11.9 Å². The number of amides is 1. The summed E-state index contributed by atoms with van der Waals surface area (Å²) in [4.78, 5) is 12.3. The van der Waals surface area contributed by atoms with Gasteiger partial charge in [-0.15, -0.1) is 0 Å². The van der Waals surface area contributed by atoms with Crippen LogP contribution in [0.4, 0.5) is 0 Å². The minimum atomic E-state index is -0.306. The van der Waals surface area contributed by atoms with Crippen molar-refractivity contribution < 1.29 is 14.3 Å². The van der Waals surface area contributed by atoms with Crippen molar-refractivity contribution in [1.82, 2.24) is 10.6 Å². The third-order valence-corrected chi connectivity index (χ3v) is 5.26. The normalized spacial score (nSPS) is 11.9. The van der Waals surface area contributed by atoms with Crippen LogP contribution >= 0.6 is 0 Å². The van der Waals surface area contributed by atoms with Crippen LogP contribution in [-0.2, 0) is 17.8 Å². The Kier molecular flexibility index (Phi) is 9.51. The summed E-state index contributed by atoms with van der Waals surface area (Å²) in [6.45, 7) is 5.62. The predicted octanol–water partition coefficient (Wildman–Crippen LogP) is 3.96. The van der Waals surface area contributed by atoms with Crippen LogP contribution in [0.2, 0.25) is 0 Å². The summed E-state index contributed by atoms with van der Waals surface area (Å²) >= 11 is 0. The molecule has 0 heterocycles. The maximum Gasteiger partial charge on any atom is 0.237 e. The van der Waals surface area contributed by atoms with Crippen LogP contribution in [0, 0.1) is 5.92 Å². The van der Waals surface area contributed by atoms with E-state index in [1.165, 1.54) is 0 Å². The third-order valence-electron chi connectivity index (χ3n) is 5.26. The fraction of sp³-hybridized carbons (Fsp3) is 0.458. The first-order valence-corrected chi connectivity index (χ1v) is 10.4. The Balaban J connectivity index is 2.02. The van der Waals surface area contributed by atoms with Crippen molar-refractivity contribution >= 4 is 5.91 Å². The molecule has 0 bridgehead atoms. The molecule has 1 atom stereocenters. The first-order chi connectivity index (χ1) is 14.1. The van der Waals surface area contributed by atoms with E-state index in [0.29, 0.717) is 25.5 Å². The summed E-state index contributed by atoms with van der Waals surface area (Å²) in [5, 5.41) is 6.11. The van der Waals surface area contributed by atoms with Gasteiger partial charge in [-0.25, -0.2) is 0 Å². The average molecular weight is 399 g/mol. The monoisotopic (exact) mass is 398 g/mol. The van der Waals surface area contributed by atoms with E-state index in [4.69, 9.17) is 9.47 Å². The Bertz CT molecular complexity index is 745. The summed E-state index contributed by atoms with van der Waals surface area (Å²) < 4.78 is 11.5. The summed E-state index contributed by atoms with van der Waals surface area (Å²) in [5.74, 6) is 2.00. The minimum absolute atomic E-state index is 0.0223. The smallest absolute Gasteiger partial charge is 0.237 e. The average Bonchev–Trinajstić information content (AvgIpc) is 2.77. The molecule has 2 aromatic carbocycles. The molecule has 1 unspecified atom stereocenters. The zero-order valence-corrected chi connectivity index (χ0v) is 18.0. The fourth-order valence-electron chi connectivity index (χ4n) is 3.20. The van der Waals surface area contributed by atoms with Crippen LogP contribution in [0.15, 0.2) is 48.5 Å². The lowest BCUT2D eigenvalue weighted by atomic mass is 10.0. The lowest BCUT2D eigenvalue weighted by Crippen LogP contribution is -2.44. The predicted molar refractivity (Wildman–Crippen MR) is 117 cm³/mol. The van der Waals surface area contributed by atoms with Gasteiger partial charge in [-0.05, 0) is 35.6 Å². The van der Waals surface area contributed by atoms with Gasteiger partial charge in [-0.1, -0.05) is 63.1 Å². The summed E-state index contributed by atoms with van der Waals surface area (Å²) in [5.41, 5.74) is 2.16. The van der Waals surface area contributed by atoms with Crippen molar-refractivity contribution in [3.63, 3.8) is 0 Å². The van der Waals surface area contributed by atoms with Crippen molar-refractivity contribution in [2.45, 2.75) is 45.7 Å². The van der Waals surface area contributed by atoms with E-state index in [2.05, 4.69) is 24.5 Å². The van der Waals surface area contributed by atoms with Gasteiger partial charge >= 0.3 is 0 Å². The van der Waals surface area contributed by atoms with Gasteiger partial charge in [0, 0.05) is 13.6 Å². The van der Waals surface area contributed by atoms with Gasteiger partial charge < -0.3 is 20.1 Å². The molecule has 0 aliphatic rings. The highest BCUT2D eigenvalue weighted by Gasteiger charge is 2.17. The molecule has 5 heteroatoms. The number of carbonyl (C=O) groups excluding carboxylic acids is 1. The number of likely N-dealkylation sites (N-methyl/N-ethyl adjacent to an activating group) is 1. The Morgan fingerprint density at radius 1 is 1.00 bits per heavy atom. The topological polar surface area (TPSA) is 59.6 Å². The lowest BCUT2D eigenvalue weighted by Gasteiger charge is -2.19. The molecule has 0 aromatic heterocycles. The van der Waals surface area contributed by atoms with Crippen LogP contribution in [0.5, 0.6) is 11.5 Å². The molecule has 0 fully saturated rings. The molecular formula is C24H34N2O3. The van der Waals surface area contributed by atoms with E-state index in [1.807, 2.05) is 48.5 Å². The second-order valence-corrected chi connectivity index (χ2v) is 7.22. The van der Waals surface area contributed by atoms with Crippen LogP contribution in [0.3, 0.4) is 0 Å². The molecule has 0 aliphatic carbocycles. The highest BCUT2D eigenvalue weighted by Crippen LogP contribution is 2.29. The third kappa shape index (κ3) is 7.09. The number of rotatable bonds is 12. The molecule has 2 aromatic rings. The van der Waals surface area contributed by atoms with E-state index in [0.717, 1.165) is 35.5 Å². The number of ether oxygens (including phenoxy) is 2. The molecule has 158 valence electrons.